The molecule has 0 spiro atoms. The number of hydrogen-bond donors (Lipinski definition) is 1. The third-order valence-electron chi connectivity index (χ3n) is 3.58. The molecule has 5 nitrogen and oxygen atoms in total. The number of rotatable bonds is 7. The average Bonchev–Trinajstić information content (AvgIpc) is 2.57. The van der Waals surface area contributed by atoms with Crippen molar-refractivity contribution >= 4 is 27.8 Å². The Morgan fingerprint density at radius 1 is 1.24 bits per heavy atom. The fraction of sp³-hybridized carbons (Fsp3) is 0.278. The van der Waals surface area contributed by atoms with E-state index >= 15 is 0 Å². The number of sulfonamides is 1. The third-order valence-corrected chi connectivity index (χ3v) is 5.11. The summed E-state index contributed by atoms with van der Waals surface area (Å²) in [4.78, 5) is 2.34. The fourth-order valence-corrected chi connectivity index (χ4v) is 2.96. The first-order chi connectivity index (χ1) is 11.8. The van der Waals surface area contributed by atoms with Crippen molar-refractivity contribution in [2.75, 3.05) is 0 Å². The first-order valence-corrected chi connectivity index (χ1v) is 9.75. The molecule has 0 unspecified atom stereocenters. The van der Waals surface area contributed by atoms with Crippen LogP contribution in [0, 0.1) is 6.92 Å². The lowest BCUT2D eigenvalue weighted by atomic mass is 10.2. The van der Waals surface area contributed by atoms with Gasteiger partial charge in [-0.25, -0.2) is 4.83 Å². The van der Waals surface area contributed by atoms with Crippen LogP contribution in [-0.4, -0.2) is 20.7 Å². The Kier molecular flexibility index (Phi) is 6.45. The summed E-state index contributed by atoms with van der Waals surface area (Å²) in [7, 11) is -3.69. The highest BCUT2D eigenvalue weighted by Gasteiger charge is 2.12. The van der Waals surface area contributed by atoms with Crippen molar-refractivity contribution in [3.8, 4) is 5.75 Å². The molecule has 0 bridgehead atoms. The van der Waals surface area contributed by atoms with E-state index in [4.69, 9.17) is 16.3 Å². The van der Waals surface area contributed by atoms with Gasteiger partial charge in [0.15, 0.2) is 0 Å². The van der Waals surface area contributed by atoms with Gasteiger partial charge in [-0.1, -0.05) is 36.2 Å². The first-order valence-electron chi connectivity index (χ1n) is 7.89. The Hall–Kier alpha value is -2.05. The smallest absolute Gasteiger partial charge is 0.276 e. The van der Waals surface area contributed by atoms with Gasteiger partial charge in [0.2, 0.25) is 0 Å². The first kappa shape index (κ1) is 19.3. The fourth-order valence-electron chi connectivity index (χ4n) is 1.93. The second kappa shape index (κ2) is 8.36. The van der Waals surface area contributed by atoms with Crippen LogP contribution in [0.2, 0.25) is 5.02 Å². The standard InChI is InChI=1S/C18H21ClN2O3S/c1-4-14(3)24-18-10-7-15(11-17(18)19)12-20-21-25(22,23)16-8-5-13(2)6-9-16/h5-12,14,21H,4H2,1-3H3/b20-12-/t14-/m1/s1. The average molecular weight is 381 g/mol. The molecule has 2 aromatic carbocycles. The zero-order valence-corrected chi connectivity index (χ0v) is 15.9. The van der Waals surface area contributed by atoms with E-state index < -0.39 is 10.0 Å². The van der Waals surface area contributed by atoms with Crippen molar-refractivity contribution in [1.82, 2.24) is 4.83 Å². The van der Waals surface area contributed by atoms with Gasteiger partial charge < -0.3 is 4.74 Å². The molecule has 0 saturated carbocycles. The van der Waals surface area contributed by atoms with Gasteiger partial charge in [-0.2, -0.15) is 13.5 Å². The van der Waals surface area contributed by atoms with E-state index in [2.05, 4.69) is 9.93 Å². The minimum atomic E-state index is -3.69. The van der Waals surface area contributed by atoms with Crippen molar-refractivity contribution < 1.29 is 13.2 Å². The summed E-state index contributed by atoms with van der Waals surface area (Å²) in [5.74, 6) is 0.591. The molecule has 0 heterocycles. The monoisotopic (exact) mass is 380 g/mol. The molecular weight excluding hydrogens is 360 g/mol. The third kappa shape index (κ3) is 5.47. The van der Waals surface area contributed by atoms with Gasteiger partial charge >= 0.3 is 0 Å². The van der Waals surface area contributed by atoms with Gasteiger partial charge in [0.1, 0.15) is 5.75 Å². The van der Waals surface area contributed by atoms with E-state index in [1.165, 1.54) is 18.3 Å². The number of ether oxygens (including phenoxy) is 1. The molecule has 0 aliphatic heterocycles. The molecule has 0 amide bonds. The molecular formula is C18H21ClN2O3S. The SMILES string of the molecule is CC[C@@H](C)Oc1ccc(/C=N\NS(=O)(=O)c2ccc(C)cc2)cc1Cl. The normalized spacial score (nSPS) is 13.0. The van der Waals surface area contributed by atoms with Crippen LogP contribution in [-0.2, 0) is 10.0 Å². The van der Waals surface area contributed by atoms with Crippen LogP contribution in [0.3, 0.4) is 0 Å². The zero-order valence-electron chi connectivity index (χ0n) is 14.4. The lowest BCUT2D eigenvalue weighted by Crippen LogP contribution is -2.18. The van der Waals surface area contributed by atoms with E-state index in [0.29, 0.717) is 16.3 Å². The van der Waals surface area contributed by atoms with E-state index in [1.807, 2.05) is 20.8 Å². The summed E-state index contributed by atoms with van der Waals surface area (Å²) in [6.45, 7) is 5.88. The Morgan fingerprint density at radius 2 is 1.92 bits per heavy atom. The highest BCUT2D eigenvalue weighted by molar-refractivity contribution is 7.89. The molecule has 0 aliphatic rings. The number of nitrogens with zero attached hydrogens (tertiary/aromatic N) is 1. The predicted octanol–water partition coefficient (Wildman–Crippen LogP) is 4.14. The molecule has 7 heteroatoms. The zero-order chi connectivity index (χ0) is 18.4. The minimum absolute atomic E-state index is 0.0679. The summed E-state index contributed by atoms with van der Waals surface area (Å²) in [5, 5.41) is 4.25. The minimum Gasteiger partial charge on any atom is -0.489 e. The Bertz CT molecular complexity index is 849. The van der Waals surface area contributed by atoms with Crippen molar-refractivity contribution in [2.24, 2.45) is 5.10 Å². The summed E-state index contributed by atoms with van der Waals surface area (Å²) in [5.41, 5.74) is 1.64. The molecule has 1 atom stereocenters. The number of nitrogens with one attached hydrogen (secondary N) is 1. The maximum atomic E-state index is 12.1. The van der Waals surface area contributed by atoms with E-state index in [-0.39, 0.29) is 11.0 Å². The molecule has 25 heavy (non-hydrogen) atoms. The van der Waals surface area contributed by atoms with Gasteiger partial charge in [0.05, 0.1) is 22.2 Å². The predicted molar refractivity (Wildman–Crippen MR) is 101 cm³/mol. The topological polar surface area (TPSA) is 67.8 Å². The highest BCUT2D eigenvalue weighted by Crippen LogP contribution is 2.26. The van der Waals surface area contributed by atoms with Crippen molar-refractivity contribution in [1.29, 1.82) is 0 Å². The van der Waals surface area contributed by atoms with Crippen LogP contribution in [0.4, 0.5) is 0 Å². The highest BCUT2D eigenvalue weighted by atomic mass is 35.5. The van der Waals surface area contributed by atoms with Crippen molar-refractivity contribution in [3.63, 3.8) is 0 Å². The number of hydrazone groups is 1. The van der Waals surface area contributed by atoms with Crippen LogP contribution in [0.25, 0.3) is 0 Å². The van der Waals surface area contributed by atoms with Gasteiger partial charge in [0.25, 0.3) is 10.0 Å². The molecule has 0 saturated heterocycles. The Labute approximate surface area is 153 Å². The van der Waals surface area contributed by atoms with Crippen LogP contribution >= 0.6 is 11.6 Å². The van der Waals surface area contributed by atoms with Gasteiger partial charge in [0, 0.05) is 0 Å². The Morgan fingerprint density at radius 3 is 2.52 bits per heavy atom. The van der Waals surface area contributed by atoms with E-state index in [9.17, 15) is 8.42 Å². The molecule has 2 aromatic rings. The van der Waals surface area contributed by atoms with Gasteiger partial charge in [-0.3, -0.25) is 0 Å². The molecule has 0 radical (unpaired) electrons. The molecule has 2 rings (SSSR count). The summed E-state index contributed by atoms with van der Waals surface area (Å²) < 4.78 is 30.0. The maximum Gasteiger partial charge on any atom is 0.276 e. The lowest BCUT2D eigenvalue weighted by Gasteiger charge is -2.13. The van der Waals surface area contributed by atoms with Crippen LogP contribution < -0.4 is 9.57 Å². The summed E-state index contributed by atoms with van der Waals surface area (Å²) in [6.07, 6.45) is 2.34. The summed E-state index contributed by atoms with van der Waals surface area (Å²) in [6, 6.07) is 11.7. The quantitative estimate of drug-likeness (QED) is 0.579. The number of aryl methyl sites for hydroxylation is 1. The van der Waals surface area contributed by atoms with Crippen LogP contribution in [0.15, 0.2) is 52.5 Å². The molecule has 1 N–H and O–H groups in total. The lowest BCUT2D eigenvalue weighted by molar-refractivity contribution is 0.217. The van der Waals surface area contributed by atoms with Gasteiger partial charge in [-0.05, 0) is 56.2 Å². The van der Waals surface area contributed by atoms with Crippen molar-refractivity contribution in [2.45, 2.75) is 38.2 Å². The second-order valence-corrected chi connectivity index (χ2v) is 7.76. The Balaban J connectivity index is 2.06. The largest absolute Gasteiger partial charge is 0.489 e. The molecule has 0 fully saturated rings. The maximum absolute atomic E-state index is 12.1. The molecule has 0 aromatic heterocycles. The van der Waals surface area contributed by atoms with Crippen LogP contribution in [0.1, 0.15) is 31.4 Å². The number of halogens is 1. The molecule has 134 valence electrons. The van der Waals surface area contributed by atoms with E-state index in [1.54, 1.807) is 30.3 Å². The van der Waals surface area contributed by atoms with Crippen LogP contribution in [0.5, 0.6) is 5.75 Å². The number of benzene rings is 2. The summed E-state index contributed by atoms with van der Waals surface area (Å²) >= 11 is 6.18. The van der Waals surface area contributed by atoms with E-state index in [0.717, 1.165) is 12.0 Å². The number of hydrogen-bond acceptors (Lipinski definition) is 4. The van der Waals surface area contributed by atoms with Crippen molar-refractivity contribution in [3.05, 3.63) is 58.6 Å². The molecule has 0 aliphatic carbocycles. The van der Waals surface area contributed by atoms with Gasteiger partial charge in [-0.15, -0.1) is 0 Å². The second-order valence-electron chi connectivity index (χ2n) is 5.69.